The number of hydrogen-bond donors (Lipinski definition) is 2. The van der Waals surface area contributed by atoms with Crippen molar-refractivity contribution in [1.82, 2.24) is 9.97 Å². The first kappa shape index (κ1) is 10.4. The highest BCUT2D eigenvalue weighted by Gasteiger charge is 2.10. The van der Waals surface area contributed by atoms with Gasteiger partial charge in [-0.1, -0.05) is 0 Å². The highest BCUT2D eigenvalue weighted by atomic mass is 79.9. The van der Waals surface area contributed by atoms with Crippen LogP contribution in [0.15, 0.2) is 17.0 Å². The molecule has 13 heavy (non-hydrogen) atoms. The fourth-order valence-electron chi connectivity index (χ4n) is 0.755. The smallest absolute Gasteiger partial charge is 0.144 e. The first-order chi connectivity index (χ1) is 6.11. The maximum absolute atomic E-state index is 9.25. The first-order valence-corrected chi connectivity index (χ1v) is 4.80. The summed E-state index contributed by atoms with van der Waals surface area (Å²) in [5.41, 5.74) is 0. The second-order valence-corrected chi connectivity index (χ2v) is 3.75. The molecule has 5 heteroatoms. The van der Waals surface area contributed by atoms with Crippen LogP contribution in [0.25, 0.3) is 0 Å². The van der Waals surface area contributed by atoms with Crippen molar-refractivity contribution in [2.45, 2.75) is 26.0 Å². The molecule has 0 bridgehead atoms. The molecule has 0 unspecified atom stereocenters. The van der Waals surface area contributed by atoms with Gasteiger partial charge in [0, 0.05) is 6.20 Å². The topological polar surface area (TPSA) is 58.0 Å². The molecule has 0 aliphatic heterocycles. The van der Waals surface area contributed by atoms with E-state index in [1.807, 2.05) is 6.92 Å². The molecule has 0 radical (unpaired) electrons. The average Bonchev–Trinajstić information content (AvgIpc) is 2.08. The summed E-state index contributed by atoms with van der Waals surface area (Å²) in [6.07, 6.45) is 2.70. The van der Waals surface area contributed by atoms with E-state index in [2.05, 4.69) is 31.2 Å². The molecule has 0 saturated carbocycles. The molecule has 1 aromatic rings. The summed E-state index contributed by atoms with van der Waals surface area (Å²) in [4.78, 5) is 7.86. The number of aliphatic hydroxyl groups is 1. The van der Waals surface area contributed by atoms with Crippen LogP contribution in [0.4, 0.5) is 5.82 Å². The Balaban J connectivity index is 2.69. The van der Waals surface area contributed by atoms with Crippen LogP contribution in [0.1, 0.15) is 13.8 Å². The molecule has 1 aromatic heterocycles. The van der Waals surface area contributed by atoms with Gasteiger partial charge in [0.25, 0.3) is 0 Å². The zero-order valence-electron chi connectivity index (χ0n) is 7.53. The van der Waals surface area contributed by atoms with Crippen LogP contribution in [0.5, 0.6) is 0 Å². The Bertz CT molecular complexity index is 280. The summed E-state index contributed by atoms with van der Waals surface area (Å²) < 4.78 is 0.794. The molecule has 0 saturated heterocycles. The van der Waals surface area contributed by atoms with E-state index in [0.717, 1.165) is 4.47 Å². The SMILES string of the molecule is C[C@@H](O)[C@@H](C)Nc1ncncc1Br. The lowest BCUT2D eigenvalue weighted by molar-refractivity contribution is 0.177. The van der Waals surface area contributed by atoms with Crippen LogP contribution in [0.2, 0.25) is 0 Å². The van der Waals surface area contributed by atoms with Crippen molar-refractivity contribution in [2.75, 3.05) is 5.32 Å². The van der Waals surface area contributed by atoms with E-state index in [0.29, 0.717) is 5.82 Å². The van der Waals surface area contributed by atoms with Crippen molar-refractivity contribution in [3.63, 3.8) is 0 Å². The van der Waals surface area contributed by atoms with Crippen molar-refractivity contribution in [3.05, 3.63) is 17.0 Å². The van der Waals surface area contributed by atoms with Gasteiger partial charge in [0.15, 0.2) is 0 Å². The molecule has 0 aromatic carbocycles. The third-order valence-corrected chi connectivity index (χ3v) is 2.34. The molecule has 0 fully saturated rings. The third kappa shape index (κ3) is 2.93. The van der Waals surface area contributed by atoms with E-state index < -0.39 is 6.10 Å². The molecule has 4 nitrogen and oxygen atoms in total. The van der Waals surface area contributed by atoms with E-state index in [1.54, 1.807) is 13.1 Å². The largest absolute Gasteiger partial charge is 0.391 e. The number of anilines is 1. The molecule has 2 N–H and O–H groups in total. The molecule has 72 valence electrons. The molecular weight excluding hydrogens is 234 g/mol. The summed E-state index contributed by atoms with van der Waals surface area (Å²) in [5.74, 6) is 0.698. The van der Waals surface area contributed by atoms with Gasteiger partial charge in [-0.3, -0.25) is 0 Å². The van der Waals surface area contributed by atoms with Crippen molar-refractivity contribution in [2.24, 2.45) is 0 Å². The summed E-state index contributed by atoms with van der Waals surface area (Å²) in [6, 6.07) is -0.0359. The Morgan fingerprint density at radius 1 is 1.54 bits per heavy atom. The normalized spacial score (nSPS) is 15.1. The standard InChI is InChI=1S/C8H12BrN3O/c1-5(6(2)13)12-8-7(9)3-10-4-11-8/h3-6,13H,1-2H3,(H,10,11,12)/t5-,6-/m1/s1. The Hall–Kier alpha value is -0.680. The van der Waals surface area contributed by atoms with E-state index in [-0.39, 0.29) is 6.04 Å². The van der Waals surface area contributed by atoms with Crippen LogP contribution >= 0.6 is 15.9 Å². The Labute approximate surface area is 85.5 Å². The summed E-state index contributed by atoms with van der Waals surface area (Å²) >= 11 is 3.30. The maximum atomic E-state index is 9.25. The first-order valence-electron chi connectivity index (χ1n) is 4.01. The molecule has 0 aliphatic carbocycles. The van der Waals surface area contributed by atoms with Gasteiger partial charge in [-0.2, -0.15) is 0 Å². The lowest BCUT2D eigenvalue weighted by atomic mass is 10.2. The van der Waals surface area contributed by atoms with Gasteiger partial charge in [-0.15, -0.1) is 0 Å². The van der Waals surface area contributed by atoms with E-state index >= 15 is 0 Å². The minimum Gasteiger partial charge on any atom is -0.391 e. The Morgan fingerprint density at radius 3 is 2.77 bits per heavy atom. The van der Waals surface area contributed by atoms with Crippen molar-refractivity contribution < 1.29 is 5.11 Å². The van der Waals surface area contributed by atoms with Gasteiger partial charge in [-0.25, -0.2) is 9.97 Å². The van der Waals surface area contributed by atoms with Crippen LogP contribution in [-0.2, 0) is 0 Å². The molecule has 0 amide bonds. The third-order valence-electron chi connectivity index (χ3n) is 1.76. The van der Waals surface area contributed by atoms with Gasteiger partial charge in [0.2, 0.25) is 0 Å². The lowest BCUT2D eigenvalue weighted by Gasteiger charge is -2.17. The Kier molecular flexibility index (Phi) is 3.62. The lowest BCUT2D eigenvalue weighted by Crippen LogP contribution is -2.28. The maximum Gasteiger partial charge on any atom is 0.144 e. The van der Waals surface area contributed by atoms with E-state index in [9.17, 15) is 5.11 Å². The highest BCUT2D eigenvalue weighted by molar-refractivity contribution is 9.10. The quantitative estimate of drug-likeness (QED) is 0.846. The van der Waals surface area contributed by atoms with Crippen LogP contribution in [0, 0.1) is 0 Å². The second kappa shape index (κ2) is 4.53. The molecule has 0 spiro atoms. The van der Waals surface area contributed by atoms with Gasteiger partial charge in [0.05, 0.1) is 16.6 Å². The highest BCUT2D eigenvalue weighted by Crippen LogP contribution is 2.18. The number of nitrogens with one attached hydrogen (secondary N) is 1. The zero-order chi connectivity index (χ0) is 9.84. The van der Waals surface area contributed by atoms with Gasteiger partial charge >= 0.3 is 0 Å². The number of aromatic nitrogens is 2. The number of aliphatic hydroxyl groups excluding tert-OH is 1. The Morgan fingerprint density at radius 2 is 2.23 bits per heavy atom. The van der Waals surface area contributed by atoms with Crippen molar-refractivity contribution in [3.8, 4) is 0 Å². The number of halogens is 1. The average molecular weight is 246 g/mol. The minimum absolute atomic E-state index is 0.0359. The number of hydrogen-bond acceptors (Lipinski definition) is 4. The minimum atomic E-state index is -0.415. The van der Waals surface area contributed by atoms with Gasteiger partial charge in [-0.05, 0) is 29.8 Å². The predicted octanol–water partition coefficient (Wildman–Crippen LogP) is 1.42. The predicted molar refractivity (Wildman–Crippen MR) is 54.5 cm³/mol. The molecule has 2 atom stereocenters. The van der Waals surface area contributed by atoms with Crippen LogP contribution < -0.4 is 5.32 Å². The molecular formula is C8H12BrN3O. The van der Waals surface area contributed by atoms with Crippen LogP contribution in [-0.4, -0.2) is 27.2 Å². The fraction of sp³-hybridized carbons (Fsp3) is 0.500. The number of rotatable bonds is 3. The fourth-order valence-corrected chi connectivity index (χ4v) is 1.09. The van der Waals surface area contributed by atoms with E-state index in [4.69, 9.17) is 0 Å². The summed E-state index contributed by atoms with van der Waals surface area (Å²) in [5, 5.41) is 12.3. The van der Waals surface area contributed by atoms with Crippen molar-refractivity contribution in [1.29, 1.82) is 0 Å². The monoisotopic (exact) mass is 245 g/mol. The van der Waals surface area contributed by atoms with Gasteiger partial charge in [0.1, 0.15) is 12.1 Å². The number of nitrogens with zero attached hydrogens (tertiary/aromatic N) is 2. The second-order valence-electron chi connectivity index (χ2n) is 2.89. The van der Waals surface area contributed by atoms with Gasteiger partial charge < -0.3 is 10.4 Å². The molecule has 1 heterocycles. The van der Waals surface area contributed by atoms with Crippen molar-refractivity contribution >= 4 is 21.7 Å². The van der Waals surface area contributed by atoms with Crippen LogP contribution in [0.3, 0.4) is 0 Å². The molecule has 0 aliphatic rings. The zero-order valence-corrected chi connectivity index (χ0v) is 9.12. The van der Waals surface area contributed by atoms with E-state index in [1.165, 1.54) is 6.33 Å². The summed E-state index contributed by atoms with van der Waals surface area (Å²) in [6.45, 7) is 3.62. The summed E-state index contributed by atoms with van der Waals surface area (Å²) in [7, 11) is 0. The molecule has 1 rings (SSSR count).